The monoisotopic (exact) mass is 279 g/mol. The molecule has 0 aliphatic carbocycles. The third-order valence-corrected chi connectivity index (χ3v) is 3.17. The van der Waals surface area contributed by atoms with Gasteiger partial charge in [-0.1, -0.05) is 12.1 Å². The highest BCUT2D eigenvalue weighted by Crippen LogP contribution is 2.28. The van der Waals surface area contributed by atoms with E-state index < -0.39 is 5.97 Å². The van der Waals surface area contributed by atoms with E-state index >= 15 is 0 Å². The van der Waals surface area contributed by atoms with E-state index in [0.717, 1.165) is 16.5 Å². The van der Waals surface area contributed by atoms with Crippen molar-refractivity contribution in [2.75, 3.05) is 0 Å². The number of hydrogen-bond donors (Lipinski definition) is 1. The van der Waals surface area contributed by atoms with E-state index in [1.807, 2.05) is 25.1 Å². The van der Waals surface area contributed by atoms with Crippen molar-refractivity contribution >= 4 is 16.9 Å². The first kappa shape index (κ1) is 13.1. The molecule has 4 nitrogen and oxygen atoms in total. The molecule has 2 aromatic carbocycles. The molecule has 21 heavy (non-hydrogen) atoms. The van der Waals surface area contributed by atoms with Crippen LogP contribution in [0.25, 0.3) is 10.9 Å². The van der Waals surface area contributed by atoms with Gasteiger partial charge in [0.2, 0.25) is 0 Å². The van der Waals surface area contributed by atoms with Gasteiger partial charge in [-0.15, -0.1) is 0 Å². The van der Waals surface area contributed by atoms with E-state index in [0.29, 0.717) is 11.5 Å². The fourth-order valence-electron chi connectivity index (χ4n) is 2.13. The second-order valence-corrected chi connectivity index (χ2v) is 4.76. The van der Waals surface area contributed by atoms with Crippen LogP contribution in [0.5, 0.6) is 11.5 Å². The smallest absolute Gasteiger partial charge is 0.339 e. The second-order valence-electron chi connectivity index (χ2n) is 4.76. The molecule has 104 valence electrons. The highest BCUT2D eigenvalue weighted by molar-refractivity contribution is 5.91. The van der Waals surface area contributed by atoms with Gasteiger partial charge in [0.15, 0.2) is 0 Å². The van der Waals surface area contributed by atoms with Crippen molar-refractivity contribution in [2.45, 2.75) is 6.92 Å². The Labute approximate surface area is 121 Å². The third kappa shape index (κ3) is 2.69. The van der Waals surface area contributed by atoms with Crippen LogP contribution < -0.4 is 4.74 Å². The fraction of sp³-hybridized carbons (Fsp3) is 0.0588. The summed E-state index contributed by atoms with van der Waals surface area (Å²) in [5, 5.41) is 10.2. The lowest BCUT2D eigenvalue weighted by Crippen LogP contribution is -2.00. The normalized spacial score (nSPS) is 10.5. The molecular formula is C17H13NO3. The van der Waals surface area contributed by atoms with E-state index in [9.17, 15) is 9.90 Å². The summed E-state index contributed by atoms with van der Waals surface area (Å²) >= 11 is 0. The fourth-order valence-corrected chi connectivity index (χ4v) is 2.13. The SMILES string of the molecule is Cc1ccc(C(=O)O)c(Oc2ccc3cccnc3c2)c1. The Morgan fingerprint density at radius 2 is 2.00 bits per heavy atom. The van der Waals surface area contributed by atoms with E-state index in [-0.39, 0.29) is 5.56 Å². The van der Waals surface area contributed by atoms with Gasteiger partial charge < -0.3 is 9.84 Å². The van der Waals surface area contributed by atoms with Crippen LogP contribution in [0, 0.1) is 6.92 Å². The Morgan fingerprint density at radius 3 is 2.81 bits per heavy atom. The highest BCUT2D eigenvalue weighted by atomic mass is 16.5. The van der Waals surface area contributed by atoms with Gasteiger partial charge in [-0.25, -0.2) is 4.79 Å². The molecule has 0 aliphatic rings. The predicted octanol–water partition coefficient (Wildman–Crippen LogP) is 4.03. The maximum Gasteiger partial charge on any atom is 0.339 e. The van der Waals surface area contributed by atoms with Crippen molar-refractivity contribution in [1.29, 1.82) is 0 Å². The van der Waals surface area contributed by atoms with Crippen LogP contribution in [0.1, 0.15) is 15.9 Å². The first-order chi connectivity index (χ1) is 10.1. The van der Waals surface area contributed by atoms with Crippen LogP contribution in [-0.4, -0.2) is 16.1 Å². The zero-order valence-corrected chi connectivity index (χ0v) is 11.4. The maximum absolute atomic E-state index is 11.2. The van der Waals surface area contributed by atoms with Crippen LogP contribution in [0.3, 0.4) is 0 Å². The molecule has 0 spiro atoms. The minimum atomic E-state index is -1.01. The number of aromatic carboxylic acids is 1. The zero-order valence-electron chi connectivity index (χ0n) is 11.4. The van der Waals surface area contributed by atoms with Gasteiger partial charge >= 0.3 is 5.97 Å². The molecule has 3 rings (SSSR count). The Balaban J connectivity index is 2.02. The maximum atomic E-state index is 11.2. The number of carbonyl (C=O) groups is 1. The number of ether oxygens (including phenoxy) is 1. The summed E-state index contributed by atoms with van der Waals surface area (Å²) in [6.45, 7) is 1.89. The Kier molecular flexibility index (Phi) is 3.28. The average Bonchev–Trinajstić information content (AvgIpc) is 2.47. The van der Waals surface area contributed by atoms with Crippen molar-refractivity contribution in [3.63, 3.8) is 0 Å². The summed E-state index contributed by atoms with van der Waals surface area (Å²) in [6, 6.07) is 14.3. The van der Waals surface area contributed by atoms with Crippen LogP contribution in [-0.2, 0) is 0 Å². The Morgan fingerprint density at radius 1 is 1.14 bits per heavy atom. The minimum absolute atomic E-state index is 0.140. The summed E-state index contributed by atoms with van der Waals surface area (Å²) in [5.74, 6) is -0.115. The van der Waals surface area contributed by atoms with Gasteiger partial charge in [0.25, 0.3) is 0 Å². The number of aromatic nitrogens is 1. The van der Waals surface area contributed by atoms with Gasteiger partial charge in [-0.2, -0.15) is 0 Å². The summed E-state index contributed by atoms with van der Waals surface area (Å²) in [7, 11) is 0. The molecular weight excluding hydrogens is 266 g/mol. The van der Waals surface area contributed by atoms with E-state index in [4.69, 9.17) is 4.74 Å². The molecule has 0 saturated carbocycles. The highest BCUT2D eigenvalue weighted by Gasteiger charge is 2.12. The molecule has 1 heterocycles. The topological polar surface area (TPSA) is 59.4 Å². The first-order valence-electron chi connectivity index (χ1n) is 6.50. The van der Waals surface area contributed by atoms with Crippen molar-refractivity contribution in [2.24, 2.45) is 0 Å². The van der Waals surface area contributed by atoms with Gasteiger partial charge in [0.05, 0.1) is 5.52 Å². The molecule has 0 atom stereocenters. The predicted molar refractivity (Wildman–Crippen MR) is 80.0 cm³/mol. The van der Waals surface area contributed by atoms with E-state index in [1.165, 1.54) is 0 Å². The molecule has 0 saturated heterocycles. The van der Waals surface area contributed by atoms with Crippen molar-refractivity contribution < 1.29 is 14.6 Å². The standard InChI is InChI=1S/C17H13NO3/c1-11-4-7-14(17(19)20)16(9-11)21-13-6-5-12-3-2-8-18-15(12)10-13/h2-10H,1H3,(H,19,20). The summed E-state index contributed by atoms with van der Waals surface area (Å²) in [5.41, 5.74) is 1.88. The average molecular weight is 279 g/mol. The first-order valence-corrected chi connectivity index (χ1v) is 6.50. The Bertz CT molecular complexity index is 827. The second kappa shape index (κ2) is 5.25. The number of hydrogen-bond acceptors (Lipinski definition) is 3. The number of pyridine rings is 1. The number of carboxylic acid groups (broad SMARTS) is 1. The molecule has 1 aromatic heterocycles. The minimum Gasteiger partial charge on any atom is -0.478 e. The quantitative estimate of drug-likeness (QED) is 0.786. The molecule has 0 aliphatic heterocycles. The number of fused-ring (bicyclic) bond motifs is 1. The molecule has 0 amide bonds. The van der Waals surface area contributed by atoms with Gasteiger partial charge in [0, 0.05) is 17.6 Å². The summed E-state index contributed by atoms with van der Waals surface area (Å²) < 4.78 is 5.74. The van der Waals surface area contributed by atoms with Crippen molar-refractivity contribution in [1.82, 2.24) is 4.98 Å². The molecule has 3 aromatic rings. The van der Waals surface area contributed by atoms with E-state index in [2.05, 4.69) is 4.98 Å². The van der Waals surface area contributed by atoms with E-state index in [1.54, 1.807) is 36.5 Å². The van der Waals surface area contributed by atoms with Crippen LogP contribution in [0.2, 0.25) is 0 Å². The zero-order chi connectivity index (χ0) is 14.8. The lowest BCUT2D eigenvalue weighted by atomic mass is 10.1. The third-order valence-electron chi connectivity index (χ3n) is 3.17. The molecule has 0 bridgehead atoms. The molecule has 1 N–H and O–H groups in total. The van der Waals surface area contributed by atoms with Gasteiger partial charge in [0.1, 0.15) is 17.1 Å². The number of benzene rings is 2. The largest absolute Gasteiger partial charge is 0.478 e. The summed E-state index contributed by atoms with van der Waals surface area (Å²) in [6.07, 6.45) is 1.71. The van der Waals surface area contributed by atoms with Gasteiger partial charge in [-0.3, -0.25) is 4.98 Å². The Hall–Kier alpha value is -2.88. The number of nitrogens with zero attached hydrogens (tertiary/aromatic N) is 1. The lowest BCUT2D eigenvalue weighted by molar-refractivity contribution is 0.0694. The summed E-state index contributed by atoms with van der Waals surface area (Å²) in [4.78, 5) is 15.5. The van der Waals surface area contributed by atoms with Crippen LogP contribution >= 0.6 is 0 Å². The lowest BCUT2D eigenvalue weighted by Gasteiger charge is -2.10. The van der Waals surface area contributed by atoms with Crippen LogP contribution in [0.15, 0.2) is 54.7 Å². The van der Waals surface area contributed by atoms with Crippen molar-refractivity contribution in [3.8, 4) is 11.5 Å². The molecule has 4 heteroatoms. The van der Waals surface area contributed by atoms with Crippen LogP contribution in [0.4, 0.5) is 0 Å². The number of aryl methyl sites for hydroxylation is 1. The number of rotatable bonds is 3. The molecule has 0 fully saturated rings. The van der Waals surface area contributed by atoms with Gasteiger partial charge in [-0.05, 0) is 42.8 Å². The van der Waals surface area contributed by atoms with Crippen molar-refractivity contribution in [3.05, 3.63) is 65.9 Å². The molecule has 0 radical (unpaired) electrons. The molecule has 0 unspecified atom stereocenters. The number of carboxylic acids is 1.